The summed E-state index contributed by atoms with van der Waals surface area (Å²) in [6.07, 6.45) is 1.58. The van der Waals surface area contributed by atoms with Gasteiger partial charge in [-0.15, -0.1) is 0 Å². The van der Waals surface area contributed by atoms with E-state index in [0.717, 1.165) is 16.7 Å². The van der Waals surface area contributed by atoms with E-state index in [1.54, 1.807) is 26.3 Å². The highest BCUT2D eigenvalue weighted by molar-refractivity contribution is 5.97. The summed E-state index contributed by atoms with van der Waals surface area (Å²) in [4.78, 5) is 30.3. The lowest BCUT2D eigenvalue weighted by molar-refractivity contribution is 0.0933. The first-order valence-corrected chi connectivity index (χ1v) is 11.5. The van der Waals surface area contributed by atoms with E-state index in [2.05, 4.69) is 15.6 Å². The molecule has 0 saturated heterocycles. The molecule has 0 aliphatic heterocycles. The van der Waals surface area contributed by atoms with Crippen molar-refractivity contribution < 1.29 is 13.9 Å². The zero-order chi connectivity index (χ0) is 24.9. The van der Waals surface area contributed by atoms with Crippen molar-refractivity contribution >= 4 is 22.6 Å². The fraction of sp³-hybridized carbons (Fsp3) is 0.250. The highest BCUT2D eigenvalue weighted by atomic mass is 16.5. The summed E-state index contributed by atoms with van der Waals surface area (Å²) in [5.41, 5.74) is 4.54. The van der Waals surface area contributed by atoms with Crippen molar-refractivity contribution in [1.82, 2.24) is 10.3 Å². The van der Waals surface area contributed by atoms with E-state index in [1.165, 1.54) is 0 Å². The molecule has 35 heavy (non-hydrogen) atoms. The van der Waals surface area contributed by atoms with Crippen LogP contribution in [0.4, 0.5) is 5.69 Å². The van der Waals surface area contributed by atoms with Crippen LogP contribution in [0.3, 0.4) is 0 Å². The van der Waals surface area contributed by atoms with E-state index < -0.39 is 0 Å². The van der Waals surface area contributed by atoms with Gasteiger partial charge in [-0.25, -0.2) is 4.98 Å². The third kappa shape index (κ3) is 5.10. The summed E-state index contributed by atoms with van der Waals surface area (Å²) in [6, 6.07) is 16.8. The largest absolute Gasteiger partial charge is 0.455 e. The number of fused-ring (bicyclic) bond motifs is 1. The molecule has 0 bridgehead atoms. The lowest BCUT2D eigenvalue weighted by Crippen LogP contribution is -2.28. The van der Waals surface area contributed by atoms with Crippen LogP contribution in [0.15, 0.2) is 70.0 Å². The highest BCUT2D eigenvalue weighted by Crippen LogP contribution is 2.32. The fourth-order valence-electron chi connectivity index (χ4n) is 4.12. The smallest absolute Gasteiger partial charge is 0.272 e. The molecule has 0 spiro atoms. The predicted molar refractivity (Wildman–Crippen MR) is 138 cm³/mol. The predicted octanol–water partition coefficient (Wildman–Crippen LogP) is 5.02. The van der Waals surface area contributed by atoms with E-state index in [4.69, 9.17) is 9.15 Å². The number of aryl methyl sites for hydroxylation is 1. The lowest BCUT2D eigenvalue weighted by atomic mass is 9.98. The van der Waals surface area contributed by atoms with Crippen LogP contribution >= 0.6 is 0 Å². The van der Waals surface area contributed by atoms with Gasteiger partial charge in [0.1, 0.15) is 11.3 Å². The van der Waals surface area contributed by atoms with Gasteiger partial charge in [-0.05, 0) is 44.5 Å². The molecule has 1 amide bonds. The average Bonchev–Trinajstić information content (AvgIpc) is 2.87. The normalized spacial score (nSPS) is 11.9. The Morgan fingerprint density at radius 2 is 1.89 bits per heavy atom. The van der Waals surface area contributed by atoms with Crippen LogP contribution in [0.1, 0.15) is 40.1 Å². The molecule has 2 heterocycles. The third-order valence-electron chi connectivity index (χ3n) is 5.88. The average molecular weight is 472 g/mol. The Bertz CT molecular complexity index is 1410. The molecule has 7 heteroatoms. The van der Waals surface area contributed by atoms with Gasteiger partial charge in [0.25, 0.3) is 5.91 Å². The maximum atomic E-state index is 13.3. The SMILES string of the molecule is COCCNC(=O)c1ncccc1NC(C)c1cc(C)cc2c(=O)c(C)c(-c3ccccc3)oc12. The number of amides is 1. The number of methoxy groups -OCH3 is 1. The summed E-state index contributed by atoms with van der Waals surface area (Å²) in [6.45, 7) is 6.51. The number of carbonyl (C=O) groups excluding carboxylic acids is 1. The fourth-order valence-corrected chi connectivity index (χ4v) is 4.12. The Morgan fingerprint density at radius 3 is 2.63 bits per heavy atom. The number of hydrogen-bond donors (Lipinski definition) is 2. The first kappa shape index (κ1) is 24.2. The van der Waals surface area contributed by atoms with Gasteiger partial charge in [0.2, 0.25) is 0 Å². The third-order valence-corrected chi connectivity index (χ3v) is 5.88. The molecule has 0 fully saturated rings. The first-order valence-electron chi connectivity index (χ1n) is 11.5. The van der Waals surface area contributed by atoms with Crippen molar-refractivity contribution in [2.45, 2.75) is 26.8 Å². The van der Waals surface area contributed by atoms with Gasteiger partial charge in [0.15, 0.2) is 11.1 Å². The van der Waals surface area contributed by atoms with Crippen LogP contribution in [0.25, 0.3) is 22.3 Å². The quantitative estimate of drug-likeness (QED) is 0.351. The van der Waals surface area contributed by atoms with E-state index >= 15 is 0 Å². The number of ether oxygens (including phenoxy) is 1. The molecule has 1 unspecified atom stereocenters. The van der Waals surface area contributed by atoms with Crippen molar-refractivity contribution in [2.75, 3.05) is 25.6 Å². The highest BCUT2D eigenvalue weighted by Gasteiger charge is 2.20. The van der Waals surface area contributed by atoms with Crippen LogP contribution in [0.5, 0.6) is 0 Å². The van der Waals surface area contributed by atoms with Gasteiger partial charge < -0.3 is 19.8 Å². The number of hydrogen-bond acceptors (Lipinski definition) is 6. The molecule has 4 aromatic rings. The molecule has 1 atom stereocenters. The van der Waals surface area contributed by atoms with Crippen LogP contribution in [0, 0.1) is 13.8 Å². The first-order chi connectivity index (χ1) is 16.9. The summed E-state index contributed by atoms with van der Waals surface area (Å²) < 4.78 is 11.4. The summed E-state index contributed by atoms with van der Waals surface area (Å²) in [5, 5.41) is 6.74. The molecular weight excluding hydrogens is 442 g/mol. The topological polar surface area (TPSA) is 93.5 Å². The molecule has 0 saturated carbocycles. The zero-order valence-electron chi connectivity index (χ0n) is 20.3. The molecule has 0 aliphatic carbocycles. The zero-order valence-corrected chi connectivity index (χ0v) is 20.3. The number of carbonyl (C=O) groups is 1. The van der Waals surface area contributed by atoms with E-state index in [-0.39, 0.29) is 23.1 Å². The number of rotatable bonds is 8. The Hall–Kier alpha value is -3.97. The van der Waals surface area contributed by atoms with Crippen molar-refractivity contribution in [2.24, 2.45) is 0 Å². The molecule has 4 rings (SSSR count). The van der Waals surface area contributed by atoms with E-state index in [0.29, 0.717) is 41.1 Å². The second-order valence-electron chi connectivity index (χ2n) is 8.50. The van der Waals surface area contributed by atoms with Crippen LogP contribution in [-0.2, 0) is 4.74 Å². The lowest BCUT2D eigenvalue weighted by Gasteiger charge is -2.20. The number of nitrogens with one attached hydrogen (secondary N) is 2. The summed E-state index contributed by atoms with van der Waals surface area (Å²) in [7, 11) is 1.58. The van der Waals surface area contributed by atoms with E-state index in [9.17, 15) is 9.59 Å². The standard InChI is InChI=1S/C28H29N3O4/c1-17-15-21(19(3)31-23-11-8-12-29-24(23)28(33)30-13-14-34-4)27-22(16-17)25(32)18(2)26(35-27)20-9-6-5-7-10-20/h5-12,15-16,19,31H,13-14H2,1-4H3,(H,30,33). The Labute approximate surface area is 204 Å². The van der Waals surface area contributed by atoms with Crippen LogP contribution in [0.2, 0.25) is 0 Å². The van der Waals surface area contributed by atoms with Crippen molar-refractivity contribution in [3.05, 3.63) is 93.4 Å². The molecule has 2 aromatic carbocycles. The number of anilines is 1. The van der Waals surface area contributed by atoms with Crippen molar-refractivity contribution in [1.29, 1.82) is 0 Å². The van der Waals surface area contributed by atoms with Crippen LogP contribution < -0.4 is 16.1 Å². The molecule has 0 aliphatic rings. The number of aromatic nitrogens is 1. The molecule has 2 aromatic heterocycles. The minimum Gasteiger partial charge on any atom is -0.455 e. The van der Waals surface area contributed by atoms with Gasteiger partial charge in [-0.2, -0.15) is 0 Å². The van der Waals surface area contributed by atoms with Gasteiger partial charge >= 0.3 is 0 Å². The molecule has 7 nitrogen and oxygen atoms in total. The molecule has 180 valence electrons. The Morgan fingerprint density at radius 1 is 1.11 bits per heavy atom. The minimum atomic E-state index is -0.292. The second-order valence-corrected chi connectivity index (χ2v) is 8.50. The summed E-state index contributed by atoms with van der Waals surface area (Å²) in [5.74, 6) is 0.264. The number of nitrogens with zero attached hydrogens (tertiary/aromatic N) is 1. The molecular formula is C28H29N3O4. The van der Waals surface area contributed by atoms with Gasteiger partial charge in [0, 0.05) is 36.5 Å². The maximum Gasteiger partial charge on any atom is 0.272 e. The number of benzene rings is 2. The Balaban J connectivity index is 1.76. The van der Waals surface area contributed by atoms with Crippen LogP contribution in [-0.4, -0.2) is 31.2 Å². The Kier molecular flexibility index (Phi) is 7.27. The summed E-state index contributed by atoms with van der Waals surface area (Å²) >= 11 is 0. The van der Waals surface area contributed by atoms with Gasteiger partial charge in [-0.3, -0.25) is 9.59 Å². The van der Waals surface area contributed by atoms with E-state index in [1.807, 2.05) is 62.4 Å². The van der Waals surface area contributed by atoms with Crippen molar-refractivity contribution in [3.63, 3.8) is 0 Å². The second kappa shape index (κ2) is 10.5. The maximum absolute atomic E-state index is 13.3. The van der Waals surface area contributed by atoms with Gasteiger partial charge in [-0.1, -0.05) is 36.4 Å². The minimum absolute atomic E-state index is 0.0539. The molecule has 0 radical (unpaired) electrons. The van der Waals surface area contributed by atoms with Crippen molar-refractivity contribution in [3.8, 4) is 11.3 Å². The monoisotopic (exact) mass is 471 g/mol. The van der Waals surface area contributed by atoms with Gasteiger partial charge in [0.05, 0.1) is 23.7 Å². The number of pyridine rings is 1. The molecule has 2 N–H and O–H groups in total.